The van der Waals surface area contributed by atoms with Gasteiger partial charge in [-0.2, -0.15) is 0 Å². The van der Waals surface area contributed by atoms with Crippen molar-refractivity contribution in [2.75, 3.05) is 20.8 Å². The Bertz CT molecular complexity index is 200. The lowest BCUT2D eigenvalue weighted by Crippen LogP contribution is -2.46. The summed E-state index contributed by atoms with van der Waals surface area (Å²) in [4.78, 5) is 21.8. The third kappa shape index (κ3) is 3.89. The molecule has 0 radical (unpaired) electrons. The smallest absolute Gasteiger partial charge is 0.344 e. The standard InChI is InChI=1S/C8H15NO4/c1-8(2,9-3)7(11)13-5-6(10)12-4/h9H,5H2,1-4H3. The van der Waals surface area contributed by atoms with Gasteiger partial charge in [-0.1, -0.05) is 0 Å². The van der Waals surface area contributed by atoms with Crippen molar-refractivity contribution in [3.05, 3.63) is 0 Å². The first-order valence-corrected chi connectivity index (χ1v) is 3.87. The van der Waals surface area contributed by atoms with Crippen molar-refractivity contribution in [2.45, 2.75) is 19.4 Å². The minimum atomic E-state index is -0.784. The van der Waals surface area contributed by atoms with Crippen LogP contribution in [0.1, 0.15) is 13.8 Å². The van der Waals surface area contributed by atoms with Crippen LogP contribution in [0.15, 0.2) is 0 Å². The Hall–Kier alpha value is -1.10. The van der Waals surface area contributed by atoms with Crippen molar-refractivity contribution < 1.29 is 19.1 Å². The summed E-state index contributed by atoms with van der Waals surface area (Å²) in [6.45, 7) is 2.97. The van der Waals surface area contributed by atoms with E-state index in [1.807, 2.05) is 0 Å². The Balaban J connectivity index is 3.95. The fourth-order valence-electron chi connectivity index (χ4n) is 0.466. The van der Waals surface area contributed by atoms with E-state index in [9.17, 15) is 9.59 Å². The zero-order valence-electron chi connectivity index (χ0n) is 8.34. The van der Waals surface area contributed by atoms with Gasteiger partial charge in [-0.05, 0) is 20.9 Å². The van der Waals surface area contributed by atoms with Crippen molar-refractivity contribution in [1.82, 2.24) is 5.32 Å². The Labute approximate surface area is 77.4 Å². The Morgan fingerprint density at radius 3 is 2.31 bits per heavy atom. The zero-order valence-corrected chi connectivity index (χ0v) is 8.34. The van der Waals surface area contributed by atoms with E-state index in [2.05, 4.69) is 14.8 Å². The summed E-state index contributed by atoms with van der Waals surface area (Å²) in [5.74, 6) is -1.05. The second-order valence-corrected chi connectivity index (χ2v) is 3.03. The molecule has 0 aromatic rings. The summed E-state index contributed by atoms with van der Waals surface area (Å²) in [5.41, 5.74) is -0.784. The average Bonchev–Trinajstić information content (AvgIpc) is 2.13. The number of carbonyl (C=O) groups excluding carboxylic acids is 2. The second-order valence-electron chi connectivity index (χ2n) is 3.03. The molecule has 0 fully saturated rings. The minimum absolute atomic E-state index is 0.347. The molecule has 76 valence electrons. The molecular formula is C8H15NO4. The summed E-state index contributed by atoms with van der Waals surface area (Å²) in [7, 11) is 2.87. The third-order valence-electron chi connectivity index (χ3n) is 1.68. The van der Waals surface area contributed by atoms with E-state index in [-0.39, 0.29) is 6.61 Å². The average molecular weight is 189 g/mol. The van der Waals surface area contributed by atoms with Crippen LogP contribution in [0.4, 0.5) is 0 Å². The highest BCUT2D eigenvalue weighted by atomic mass is 16.6. The van der Waals surface area contributed by atoms with Crippen LogP contribution in [0.5, 0.6) is 0 Å². The Kier molecular flexibility index (Phi) is 4.40. The van der Waals surface area contributed by atoms with E-state index >= 15 is 0 Å². The van der Waals surface area contributed by atoms with Crippen molar-refractivity contribution >= 4 is 11.9 Å². The van der Waals surface area contributed by atoms with Gasteiger partial charge in [0.15, 0.2) is 6.61 Å². The molecule has 0 saturated heterocycles. The van der Waals surface area contributed by atoms with Crippen LogP contribution in [0, 0.1) is 0 Å². The number of ether oxygens (including phenoxy) is 2. The topological polar surface area (TPSA) is 64.6 Å². The highest BCUT2D eigenvalue weighted by Crippen LogP contribution is 2.03. The van der Waals surface area contributed by atoms with Gasteiger partial charge in [0.25, 0.3) is 0 Å². The quantitative estimate of drug-likeness (QED) is 0.615. The second kappa shape index (κ2) is 4.81. The maximum Gasteiger partial charge on any atom is 0.344 e. The number of carbonyl (C=O) groups is 2. The molecule has 0 aliphatic rings. The predicted octanol–water partition coefficient (Wildman–Crippen LogP) is -0.299. The highest BCUT2D eigenvalue weighted by molar-refractivity contribution is 5.82. The molecule has 0 aromatic heterocycles. The summed E-state index contributed by atoms with van der Waals surface area (Å²) < 4.78 is 8.98. The van der Waals surface area contributed by atoms with Gasteiger partial charge < -0.3 is 14.8 Å². The molecule has 0 aromatic carbocycles. The van der Waals surface area contributed by atoms with Gasteiger partial charge in [0.2, 0.25) is 0 Å². The van der Waals surface area contributed by atoms with Crippen LogP contribution in [0.3, 0.4) is 0 Å². The number of nitrogens with one attached hydrogen (secondary N) is 1. The molecule has 1 N–H and O–H groups in total. The molecule has 0 aliphatic carbocycles. The fourth-order valence-corrected chi connectivity index (χ4v) is 0.466. The molecule has 0 heterocycles. The number of hydrogen-bond acceptors (Lipinski definition) is 5. The largest absolute Gasteiger partial charge is 0.466 e. The summed E-state index contributed by atoms with van der Waals surface area (Å²) in [5, 5.41) is 2.76. The molecular weight excluding hydrogens is 174 g/mol. The first-order chi connectivity index (χ1) is 5.94. The number of rotatable bonds is 4. The summed E-state index contributed by atoms with van der Waals surface area (Å²) in [6, 6.07) is 0. The van der Waals surface area contributed by atoms with Crippen LogP contribution >= 0.6 is 0 Å². The molecule has 0 amide bonds. The number of hydrogen-bond donors (Lipinski definition) is 1. The summed E-state index contributed by atoms with van der Waals surface area (Å²) in [6.07, 6.45) is 0. The van der Waals surface area contributed by atoms with E-state index in [1.54, 1.807) is 20.9 Å². The van der Waals surface area contributed by atoms with Gasteiger partial charge >= 0.3 is 11.9 Å². The number of methoxy groups -OCH3 is 1. The number of likely N-dealkylation sites (N-methyl/N-ethyl adjacent to an activating group) is 1. The van der Waals surface area contributed by atoms with Crippen molar-refractivity contribution in [3.63, 3.8) is 0 Å². The molecule has 0 spiro atoms. The lowest BCUT2D eigenvalue weighted by molar-refractivity contribution is -0.160. The Morgan fingerprint density at radius 1 is 1.38 bits per heavy atom. The van der Waals surface area contributed by atoms with Gasteiger partial charge in [-0.3, -0.25) is 4.79 Å². The van der Waals surface area contributed by atoms with Crippen LogP contribution < -0.4 is 5.32 Å². The molecule has 5 nitrogen and oxygen atoms in total. The van der Waals surface area contributed by atoms with E-state index in [1.165, 1.54) is 7.11 Å². The molecule has 0 rings (SSSR count). The molecule has 13 heavy (non-hydrogen) atoms. The van der Waals surface area contributed by atoms with Gasteiger partial charge in [0, 0.05) is 0 Å². The third-order valence-corrected chi connectivity index (χ3v) is 1.68. The monoisotopic (exact) mass is 189 g/mol. The lowest BCUT2D eigenvalue weighted by atomic mass is 10.1. The van der Waals surface area contributed by atoms with Gasteiger partial charge in [0.05, 0.1) is 7.11 Å². The molecule has 0 unspecified atom stereocenters. The normalized spacial score (nSPS) is 10.8. The zero-order chi connectivity index (χ0) is 10.5. The van der Waals surface area contributed by atoms with Gasteiger partial charge in [-0.15, -0.1) is 0 Å². The lowest BCUT2D eigenvalue weighted by Gasteiger charge is -2.20. The van der Waals surface area contributed by atoms with Crippen molar-refractivity contribution in [1.29, 1.82) is 0 Å². The molecule has 0 saturated carbocycles. The maximum atomic E-state index is 11.2. The summed E-state index contributed by atoms with van der Waals surface area (Å²) >= 11 is 0. The number of esters is 2. The van der Waals surface area contributed by atoms with E-state index in [0.29, 0.717) is 0 Å². The van der Waals surface area contributed by atoms with E-state index < -0.39 is 17.5 Å². The van der Waals surface area contributed by atoms with Crippen LogP contribution in [0.25, 0.3) is 0 Å². The Morgan fingerprint density at radius 2 is 1.92 bits per heavy atom. The first-order valence-electron chi connectivity index (χ1n) is 3.87. The predicted molar refractivity (Wildman–Crippen MR) is 46.1 cm³/mol. The highest BCUT2D eigenvalue weighted by Gasteiger charge is 2.27. The van der Waals surface area contributed by atoms with E-state index in [0.717, 1.165) is 0 Å². The molecule has 0 atom stereocenters. The maximum absolute atomic E-state index is 11.2. The van der Waals surface area contributed by atoms with Crippen LogP contribution in [-0.2, 0) is 19.1 Å². The molecule has 0 bridgehead atoms. The molecule has 0 aliphatic heterocycles. The first kappa shape index (κ1) is 11.9. The van der Waals surface area contributed by atoms with Crippen LogP contribution in [0.2, 0.25) is 0 Å². The van der Waals surface area contributed by atoms with Crippen molar-refractivity contribution in [3.8, 4) is 0 Å². The molecule has 5 heteroatoms. The van der Waals surface area contributed by atoms with Crippen molar-refractivity contribution in [2.24, 2.45) is 0 Å². The minimum Gasteiger partial charge on any atom is -0.466 e. The fraction of sp³-hybridized carbons (Fsp3) is 0.750. The SMILES string of the molecule is CNC(C)(C)C(=O)OCC(=O)OC. The van der Waals surface area contributed by atoms with E-state index in [4.69, 9.17) is 0 Å². The van der Waals surface area contributed by atoms with Gasteiger partial charge in [0.1, 0.15) is 5.54 Å². The van der Waals surface area contributed by atoms with Gasteiger partial charge in [-0.25, -0.2) is 4.79 Å². The van der Waals surface area contributed by atoms with Crippen LogP contribution in [-0.4, -0.2) is 38.2 Å².